The first-order chi connectivity index (χ1) is 4.79. The predicted molar refractivity (Wildman–Crippen MR) is 33.6 cm³/mol. The molecule has 0 atom stereocenters. The van der Waals surface area contributed by atoms with Crippen molar-refractivity contribution >= 4 is 11.8 Å². The number of nitrogens with zero attached hydrogens (tertiary/aromatic N) is 2. The highest BCUT2D eigenvalue weighted by molar-refractivity contribution is 7.98. The van der Waals surface area contributed by atoms with Crippen LogP contribution in [0.1, 0.15) is 6.92 Å². The lowest BCUT2D eigenvalue weighted by Crippen LogP contribution is -2.36. The van der Waals surface area contributed by atoms with E-state index in [-0.39, 0.29) is 5.95 Å². The van der Waals surface area contributed by atoms with Gasteiger partial charge in [0.25, 0.3) is 5.03 Å². The lowest BCUT2D eigenvalue weighted by molar-refractivity contribution is -0.791. The second-order valence-corrected chi connectivity index (χ2v) is 2.48. The molecule has 0 aromatic carbocycles. The van der Waals surface area contributed by atoms with Gasteiger partial charge in [-0.1, -0.05) is 16.4 Å². The van der Waals surface area contributed by atoms with Gasteiger partial charge in [-0.05, 0) is 13.2 Å². The summed E-state index contributed by atoms with van der Waals surface area (Å²) in [7, 11) is 0. The molecule has 56 valence electrons. The Balaban J connectivity index is 3.01. The standard InChI is InChI=1S/C5H8N2O2S/c1-3-7-4(10-2)5(8)9-6-7/h3H2,1-2H3. The van der Waals surface area contributed by atoms with Crippen molar-refractivity contribution in [3.8, 4) is 5.95 Å². The Hall–Kier alpha value is -0.710. The summed E-state index contributed by atoms with van der Waals surface area (Å²) in [6, 6.07) is 0. The van der Waals surface area contributed by atoms with Gasteiger partial charge in [0.1, 0.15) is 0 Å². The van der Waals surface area contributed by atoms with Gasteiger partial charge in [-0.25, -0.2) is 0 Å². The molecule has 1 rings (SSSR count). The lowest BCUT2D eigenvalue weighted by Gasteiger charge is -1.88. The van der Waals surface area contributed by atoms with Gasteiger partial charge in [-0.15, -0.1) is 0 Å². The summed E-state index contributed by atoms with van der Waals surface area (Å²) in [5.74, 6) is -0.352. The van der Waals surface area contributed by atoms with Crippen LogP contribution in [0, 0.1) is 0 Å². The molecule has 0 aliphatic carbocycles. The van der Waals surface area contributed by atoms with E-state index in [9.17, 15) is 5.11 Å². The molecule has 4 nitrogen and oxygen atoms in total. The van der Waals surface area contributed by atoms with E-state index in [1.54, 1.807) is 0 Å². The molecule has 0 aliphatic heterocycles. The number of aryl methyl sites for hydroxylation is 1. The van der Waals surface area contributed by atoms with Gasteiger partial charge < -0.3 is 9.63 Å². The van der Waals surface area contributed by atoms with Crippen molar-refractivity contribution in [2.24, 2.45) is 0 Å². The molecular formula is C5H8N2O2S. The van der Waals surface area contributed by atoms with Crippen LogP contribution in [0.3, 0.4) is 0 Å². The number of hydrogen-bond donors (Lipinski definition) is 0. The molecule has 10 heavy (non-hydrogen) atoms. The molecule has 0 radical (unpaired) electrons. The van der Waals surface area contributed by atoms with Crippen LogP contribution in [-0.4, -0.2) is 11.5 Å². The quantitative estimate of drug-likeness (QED) is 0.443. The first kappa shape index (κ1) is 7.40. The first-order valence-corrected chi connectivity index (χ1v) is 4.12. The van der Waals surface area contributed by atoms with E-state index >= 15 is 0 Å². The van der Waals surface area contributed by atoms with Gasteiger partial charge >= 0.3 is 0 Å². The molecule has 0 N–H and O–H groups in total. The van der Waals surface area contributed by atoms with Crippen molar-refractivity contribution in [3.63, 3.8) is 0 Å². The van der Waals surface area contributed by atoms with Gasteiger partial charge in [0.2, 0.25) is 0 Å². The molecule has 0 aliphatic rings. The fourth-order valence-electron chi connectivity index (χ4n) is 0.658. The average molecular weight is 160 g/mol. The summed E-state index contributed by atoms with van der Waals surface area (Å²) in [5.41, 5.74) is 0. The Morgan fingerprint density at radius 2 is 2.50 bits per heavy atom. The van der Waals surface area contributed by atoms with Crippen LogP contribution in [0.15, 0.2) is 9.55 Å². The third kappa shape index (κ3) is 1.09. The maximum atomic E-state index is 10.8. The van der Waals surface area contributed by atoms with Crippen LogP contribution >= 0.6 is 11.8 Å². The molecule has 0 saturated carbocycles. The van der Waals surface area contributed by atoms with Crippen molar-refractivity contribution in [3.05, 3.63) is 0 Å². The lowest BCUT2D eigenvalue weighted by atomic mass is 10.7. The molecule has 0 amide bonds. The topological polar surface area (TPSA) is 53.0 Å². The van der Waals surface area contributed by atoms with Gasteiger partial charge in [0.15, 0.2) is 12.5 Å². The first-order valence-electron chi connectivity index (χ1n) is 2.90. The van der Waals surface area contributed by atoms with Gasteiger partial charge in [0, 0.05) is 0 Å². The van der Waals surface area contributed by atoms with E-state index < -0.39 is 0 Å². The Morgan fingerprint density at radius 3 is 2.90 bits per heavy atom. The highest BCUT2D eigenvalue weighted by atomic mass is 32.2. The number of rotatable bonds is 2. The second-order valence-electron chi connectivity index (χ2n) is 1.69. The molecule has 0 spiro atoms. The number of thioether (sulfide) groups is 1. The Morgan fingerprint density at radius 1 is 1.80 bits per heavy atom. The van der Waals surface area contributed by atoms with E-state index in [0.29, 0.717) is 11.6 Å². The van der Waals surface area contributed by atoms with Gasteiger partial charge in [-0.2, -0.15) is 0 Å². The predicted octanol–water partition coefficient (Wildman–Crippen LogP) is -0.223. The Bertz CT molecular complexity index is 223. The van der Waals surface area contributed by atoms with Crippen molar-refractivity contribution < 1.29 is 14.3 Å². The molecule has 0 fully saturated rings. The van der Waals surface area contributed by atoms with Crippen molar-refractivity contribution in [2.45, 2.75) is 18.5 Å². The maximum absolute atomic E-state index is 10.8. The average Bonchev–Trinajstić information content (AvgIpc) is 2.30. The monoisotopic (exact) mass is 160 g/mol. The van der Waals surface area contributed by atoms with E-state index in [2.05, 4.69) is 9.79 Å². The van der Waals surface area contributed by atoms with E-state index in [4.69, 9.17) is 0 Å². The zero-order valence-electron chi connectivity index (χ0n) is 5.83. The third-order valence-corrected chi connectivity index (χ3v) is 1.89. The Labute approximate surface area is 62.8 Å². The number of hydrogen-bond acceptors (Lipinski definition) is 4. The molecule has 0 bridgehead atoms. The molecule has 0 unspecified atom stereocenters. The van der Waals surface area contributed by atoms with Crippen LogP contribution in [0.2, 0.25) is 0 Å². The van der Waals surface area contributed by atoms with E-state index in [0.717, 1.165) is 0 Å². The minimum atomic E-state index is -0.352. The van der Waals surface area contributed by atoms with E-state index in [1.165, 1.54) is 16.4 Å². The van der Waals surface area contributed by atoms with Crippen LogP contribution in [0.4, 0.5) is 0 Å². The maximum Gasteiger partial charge on any atom is 0.290 e. The molecule has 1 heterocycles. The minimum absolute atomic E-state index is 0.352. The number of aromatic nitrogens is 2. The fourth-order valence-corrected chi connectivity index (χ4v) is 1.24. The summed E-state index contributed by atoms with van der Waals surface area (Å²) >= 11 is 1.35. The van der Waals surface area contributed by atoms with Crippen molar-refractivity contribution in [1.29, 1.82) is 0 Å². The highest BCUT2D eigenvalue weighted by Gasteiger charge is 2.12. The molecule has 0 saturated heterocycles. The molecule has 1 aromatic rings. The second kappa shape index (κ2) is 2.92. The van der Waals surface area contributed by atoms with Crippen molar-refractivity contribution in [2.75, 3.05) is 6.26 Å². The largest absolute Gasteiger partial charge is 0.538 e. The molecular weight excluding hydrogens is 152 g/mol. The Kier molecular flexibility index (Phi) is 2.16. The van der Waals surface area contributed by atoms with Gasteiger partial charge in [-0.3, -0.25) is 0 Å². The highest BCUT2D eigenvalue weighted by Crippen LogP contribution is 2.17. The summed E-state index contributed by atoms with van der Waals surface area (Å²) in [4.78, 5) is 0. The van der Waals surface area contributed by atoms with E-state index in [1.807, 2.05) is 13.2 Å². The fraction of sp³-hybridized carbons (Fsp3) is 0.600. The zero-order chi connectivity index (χ0) is 7.56. The summed E-state index contributed by atoms with van der Waals surface area (Å²) in [6.07, 6.45) is 1.82. The summed E-state index contributed by atoms with van der Waals surface area (Å²) < 4.78 is 5.95. The smallest absolute Gasteiger partial charge is 0.290 e. The summed E-state index contributed by atoms with van der Waals surface area (Å²) in [6.45, 7) is 2.57. The van der Waals surface area contributed by atoms with Crippen molar-refractivity contribution in [1.82, 2.24) is 5.27 Å². The van der Waals surface area contributed by atoms with Gasteiger partial charge in [0.05, 0.1) is 5.27 Å². The summed E-state index contributed by atoms with van der Waals surface area (Å²) in [5, 5.41) is 14.8. The third-order valence-electron chi connectivity index (χ3n) is 1.12. The zero-order valence-corrected chi connectivity index (χ0v) is 6.64. The molecule has 1 aromatic heterocycles. The van der Waals surface area contributed by atoms with Crippen LogP contribution in [0.5, 0.6) is 5.95 Å². The van der Waals surface area contributed by atoms with Crippen LogP contribution in [-0.2, 0) is 6.54 Å². The van der Waals surface area contributed by atoms with Crippen LogP contribution in [0.25, 0.3) is 0 Å². The van der Waals surface area contributed by atoms with Crippen LogP contribution < -0.4 is 9.79 Å². The minimum Gasteiger partial charge on any atom is -0.538 e. The molecule has 5 heteroatoms. The SMILES string of the molecule is CC[n+]1noc([O-])c1SC. The normalized spacial score (nSPS) is 10.2.